The molecule has 1 aromatic rings. The third-order valence-corrected chi connectivity index (χ3v) is 5.62. The fourth-order valence-corrected chi connectivity index (χ4v) is 3.88. The van der Waals surface area contributed by atoms with Gasteiger partial charge in [0, 0.05) is 23.1 Å². The third-order valence-electron chi connectivity index (χ3n) is 3.99. The van der Waals surface area contributed by atoms with Crippen molar-refractivity contribution >= 4 is 17.7 Å². The first-order valence-corrected chi connectivity index (χ1v) is 8.20. The quantitative estimate of drug-likeness (QED) is 0.748. The molecule has 0 bridgehead atoms. The predicted octanol–water partition coefficient (Wildman–Crippen LogP) is 2.77. The van der Waals surface area contributed by atoms with Gasteiger partial charge in [0.25, 0.3) is 0 Å². The average Bonchev–Trinajstić information content (AvgIpc) is 3.28. The number of thioether (sulfide) groups is 1. The second-order valence-electron chi connectivity index (χ2n) is 5.53. The molecule has 4 nitrogen and oxygen atoms in total. The number of esters is 1. The number of methoxy groups -OCH3 is 2. The second-order valence-corrected chi connectivity index (χ2v) is 6.72. The van der Waals surface area contributed by atoms with Crippen LogP contribution >= 0.6 is 11.8 Å². The molecule has 0 saturated heterocycles. The molecule has 1 unspecified atom stereocenters. The van der Waals surface area contributed by atoms with Gasteiger partial charge in [0.1, 0.15) is 5.75 Å². The van der Waals surface area contributed by atoms with Gasteiger partial charge >= 0.3 is 5.97 Å². The largest absolute Gasteiger partial charge is 0.496 e. The molecule has 1 atom stereocenters. The molecular formula is C16H23NO3S. The maximum Gasteiger partial charge on any atom is 0.306 e. The molecule has 1 saturated carbocycles. The lowest BCUT2D eigenvalue weighted by Gasteiger charge is -2.21. The minimum Gasteiger partial charge on any atom is -0.496 e. The van der Waals surface area contributed by atoms with Gasteiger partial charge in [0.05, 0.1) is 20.6 Å². The SMILES string of the molecule is COC(=O)CC1(CSC(CN)c2ccccc2OC)CC1. The van der Waals surface area contributed by atoms with Gasteiger partial charge in [-0.2, -0.15) is 11.8 Å². The van der Waals surface area contributed by atoms with Crippen molar-refractivity contribution < 1.29 is 14.3 Å². The van der Waals surface area contributed by atoms with Crippen LogP contribution in [0.25, 0.3) is 0 Å². The molecule has 1 fully saturated rings. The summed E-state index contributed by atoms with van der Waals surface area (Å²) in [4.78, 5) is 11.5. The molecule has 0 aromatic heterocycles. The normalized spacial score (nSPS) is 17.1. The van der Waals surface area contributed by atoms with E-state index in [1.165, 1.54) is 7.11 Å². The number of carbonyl (C=O) groups excluding carboxylic acids is 1. The fourth-order valence-electron chi connectivity index (χ4n) is 2.42. The summed E-state index contributed by atoms with van der Waals surface area (Å²) in [6.45, 7) is 0.555. The van der Waals surface area contributed by atoms with Crippen LogP contribution in [0.4, 0.5) is 0 Å². The van der Waals surface area contributed by atoms with E-state index in [1.807, 2.05) is 30.0 Å². The summed E-state index contributed by atoms with van der Waals surface area (Å²) in [5.41, 5.74) is 7.18. The van der Waals surface area contributed by atoms with Crippen LogP contribution in [0.1, 0.15) is 30.1 Å². The van der Waals surface area contributed by atoms with Gasteiger partial charge in [-0.15, -0.1) is 0 Å². The fraction of sp³-hybridized carbons (Fsp3) is 0.562. The van der Waals surface area contributed by atoms with E-state index in [0.29, 0.717) is 13.0 Å². The number of ether oxygens (including phenoxy) is 2. The Balaban J connectivity index is 1.98. The van der Waals surface area contributed by atoms with Gasteiger partial charge in [0.2, 0.25) is 0 Å². The standard InChI is InChI=1S/C16H23NO3S/c1-19-13-6-4-3-5-12(13)14(10-17)21-11-16(7-8-16)9-15(18)20-2/h3-6,14H,7-11,17H2,1-2H3. The predicted molar refractivity (Wildman–Crippen MR) is 85.5 cm³/mol. The molecule has 0 aliphatic heterocycles. The van der Waals surface area contributed by atoms with E-state index < -0.39 is 0 Å². The van der Waals surface area contributed by atoms with Crippen LogP contribution in [0.3, 0.4) is 0 Å². The number of para-hydroxylation sites is 1. The summed E-state index contributed by atoms with van der Waals surface area (Å²) in [6, 6.07) is 7.98. The molecule has 0 radical (unpaired) electrons. The molecule has 0 amide bonds. The number of rotatable bonds is 8. The zero-order valence-electron chi connectivity index (χ0n) is 12.6. The van der Waals surface area contributed by atoms with Crippen molar-refractivity contribution in [3.63, 3.8) is 0 Å². The Kier molecular flexibility index (Phi) is 5.53. The van der Waals surface area contributed by atoms with E-state index in [9.17, 15) is 4.79 Å². The molecular weight excluding hydrogens is 286 g/mol. The summed E-state index contributed by atoms with van der Waals surface area (Å²) in [5, 5.41) is 0.191. The highest BCUT2D eigenvalue weighted by Gasteiger charge is 2.45. The third kappa shape index (κ3) is 4.14. The van der Waals surface area contributed by atoms with Crippen molar-refractivity contribution in [1.29, 1.82) is 0 Å². The van der Waals surface area contributed by atoms with E-state index in [-0.39, 0.29) is 16.6 Å². The second kappa shape index (κ2) is 7.18. The van der Waals surface area contributed by atoms with Gasteiger partial charge in [-0.1, -0.05) is 18.2 Å². The van der Waals surface area contributed by atoms with Gasteiger partial charge in [-0.25, -0.2) is 0 Å². The molecule has 0 spiro atoms. The number of benzene rings is 1. The highest BCUT2D eigenvalue weighted by molar-refractivity contribution is 7.99. The van der Waals surface area contributed by atoms with Crippen molar-refractivity contribution in [2.75, 3.05) is 26.5 Å². The van der Waals surface area contributed by atoms with E-state index in [4.69, 9.17) is 15.2 Å². The molecule has 2 rings (SSSR count). The Morgan fingerprint density at radius 3 is 2.67 bits per heavy atom. The first-order valence-electron chi connectivity index (χ1n) is 7.15. The van der Waals surface area contributed by atoms with Crippen LogP contribution in [0.5, 0.6) is 5.75 Å². The van der Waals surface area contributed by atoms with E-state index in [2.05, 4.69) is 6.07 Å². The number of nitrogens with two attached hydrogens (primary N) is 1. The summed E-state index contributed by atoms with van der Waals surface area (Å²) >= 11 is 1.81. The minimum absolute atomic E-state index is 0.116. The zero-order valence-corrected chi connectivity index (χ0v) is 13.4. The average molecular weight is 309 g/mol. The Bertz CT molecular complexity index is 488. The smallest absolute Gasteiger partial charge is 0.306 e. The van der Waals surface area contributed by atoms with Crippen LogP contribution in [0.2, 0.25) is 0 Å². The van der Waals surface area contributed by atoms with Crippen LogP contribution in [-0.4, -0.2) is 32.5 Å². The lowest BCUT2D eigenvalue weighted by Crippen LogP contribution is -2.16. The lowest BCUT2D eigenvalue weighted by atomic mass is 10.1. The highest BCUT2D eigenvalue weighted by Crippen LogP contribution is 2.53. The molecule has 2 N–H and O–H groups in total. The van der Waals surface area contributed by atoms with E-state index in [1.54, 1.807) is 7.11 Å². The van der Waals surface area contributed by atoms with Crippen molar-refractivity contribution in [2.45, 2.75) is 24.5 Å². The van der Waals surface area contributed by atoms with Crippen LogP contribution < -0.4 is 10.5 Å². The van der Waals surface area contributed by atoms with Gasteiger partial charge in [-0.05, 0) is 24.3 Å². The van der Waals surface area contributed by atoms with Crippen molar-refractivity contribution in [3.05, 3.63) is 29.8 Å². The van der Waals surface area contributed by atoms with Crippen LogP contribution in [0.15, 0.2) is 24.3 Å². The Labute approximate surface area is 130 Å². The van der Waals surface area contributed by atoms with Crippen molar-refractivity contribution in [2.24, 2.45) is 11.1 Å². The van der Waals surface area contributed by atoms with E-state index in [0.717, 1.165) is 29.9 Å². The topological polar surface area (TPSA) is 61.5 Å². The highest BCUT2D eigenvalue weighted by atomic mass is 32.2. The Morgan fingerprint density at radius 1 is 1.38 bits per heavy atom. The first-order chi connectivity index (χ1) is 10.1. The molecule has 5 heteroatoms. The molecule has 1 aromatic carbocycles. The lowest BCUT2D eigenvalue weighted by molar-refractivity contribution is -0.141. The minimum atomic E-state index is -0.116. The monoisotopic (exact) mass is 309 g/mol. The Hall–Kier alpha value is -1.20. The maximum absolute atomic E-state index is 11.5. The molecule has 1 aliphatic carbocycles. The van der Waals surface area contributed by atoms with Crippen molar-refractivity contribution in [3.8, 4) is 5.75 Å². The number of carbonyl (C=O) groups is 1. The molecule has 21 heavy (non-hydrogen) atoms. The summed E-state index contributed by atoms with van der Waals surface area (Å²) in [7, 11) is 3.12. The van der Waals surface area contributed by atoms with Gasteiger partial charge in [0.15, 0.2) is 0 Å². The molecule has 1 aliphatic rings. The van der Waals surface area contributed by atoms with Crippen LogP contribution in [0, 0.1) is 5.41 Å². The van der Waals surface area contributed by atoms with Gasteiger partial charge < -0.3 is 15.2 Å². The zero-order chi connectivity index (χ0) is 15.3. The van der Waals surface area contributed by atoms with Gasteiger partial charge in [-0.3, -0.25) is 4.79 Å². The first kappa shape index (κ1) is 16.2. The Morgan fingerprint density at radius 2 is 2.10 bits per heavy atom. The van der Waals surface area contributed by atoms with Crippen LogP contribution in [-0.2, 0) is 9.53 Å². The van der Waals surface area contributed by atoms with E-state index >= 15 is 0 Å². The number of hydrogen-bond donors (Lipinski definition) is 1. The number of hydrogen-bond acceptors (Lipinski definition) is 5. The molecule has 0 heterocycles. The maximum atomic E-state index is 11.5. The van der Waals surface area contributed by atoms with Crippen molar-refractivity contribution in [1.82, 2.24) is 0 Å². The molecule has 116 valence electrons. The summed E-state index contributed by atoms with van der Waals surface area (Å²) < 4.78 is 10.2. The summed E-state index contributed by atoms with van der Waals surface area (Å²) in [6.07, 6.45) is 2.70. The summed E-state index contributed by atoms with van der Waals surface area (Å²) in [5.74, 6) is 1.69.